The fourth-order valence-corrected chi connectivity index (χ4v) is 2.50. The van der Waals surface area contributed by atoms with Crippen molar-refractivity contribution in [1.82, 2.24) is 0 Å². The molecule has 0 unspecified atom stereocenters. The number of rotatable bonds is 5. The largest absolute Gasteiger partial charge is 0.491 e. The fourth-order valence-electron chi connectivity index (χ4n) is 2.50. The first-order valence-electron chi connectivity index (χ1n) is 7.08. The molecule has 2 aromatic rings. The summed E-state index contributed by atoms with van der Waals surface area (Å²) < 4.78 is 5.92. The summed E-state index contributed by atoms with van der Waals surface area (Å²) in [6.45, 7) is 9.89. The highest BCUT2D eigenvalue weighted by Gasteiger charge is 2.04. The van der Waals surface area contributed by atoms with Crippen LogP contribution in [0.3, 0.4) is 0 Å². The van der Waals surface area contributed by atoms with Crippen molar-refractivity contribution in [2.75, 3.05) is 18.5 Å². The SMILES string of the molecule is Cc1cc(C)c(OCCNc2ccccc2C)c(C)c1. The van der Waals surface area contributed by atoms with Crippen molar-refractivity contribution in [3.05, 3.63) is 58.7 Å². The number of hydrogen-bond acceptors (Lipinski definition) is 2. The Labute approximate surface area is 121 Å². The zero-order chi connectivity index (χ0) is 14.5. The molecule has 0 saturated carbocycles. The molecule has 2 aromatic carbocycles. The molecule has 106 valence electrons. The summed E-state index contributed by atoms with van der Waals surface area (Å²) in [5.41, 5.74) is 6.13. The summed E-state index contributed by atoms with van der Waals surface area (Å²) in [6, 6.07) is 12.6. The molecule has 0 fully saturated rings. The highest BCUT2D eigenvalue weighted by molar-refractivity contribution is 5.50. The summed E-state index contributed by atoms with van der Waals surface area (Å²) in [5, 5.41) is 3.41. The molecule has 0 aliphatic rings. The van der Waals surface area contributed by atoms with Crippen LogP contribution < -0.4 is 10.1 Å². The Balaban J connectivity index is 1.90. The van der Waals surface area contributed by atoms with Crippen LogP contribution in [0.25, 0.3) is 0 Å². The third kappa shape index (κ3) is 3.53. The minimum absolute atomic E-state index is 0.666. The Morgan fingerprint density at radius 2 is 1.55 bits per heavy atom. The Morgan fingerprint density at radius 1 is 0.900 bits per heavy atom. The van der Waals surface area contributed by atoms with Gasteiger partial charge in [0.2, 0.25) is 0 Å². The lowest BCUT2D eigenvalue weighted by Crippen LogP contribution is -2.13. The summed E-state index contributed by atoms with van der Waals surface area (Å²) in [6.07, 6.45) is 0. The summed E-state index contributed by atoms with van der Waals surface area (Å²) in [7, 11) is 0. The minimum atomic E-state index is 0.666. The van der Waals surface area contributed by atoms with Gasteiger partial charge < -0.3 is 10.1 Å². The molecule has 0 bridgehead atoms. The van der Waals surface area contributed by atoms with Gasteiger partial charge in [0.1, 0.15) is 12.4 Å². The second-order valence-corrected chi connectivity index (χ2v) is 5.32. The topological polar surface area (TPSA) is 21.3 Å². The van der Waals surface area contributed by atoms with Crippen molar-refractivity contribution < 1.29 is 4.74 Å². The van der Waals surface area contributed by atoms with Gasteiger partial charge >= 0.3 is 0 Å². The van der Waals surface area contributed by atoms with Crippen LogP contribution in [0.4, 0.5) is 5.69 Å². The van der Waals surface area contributed by atoms with Gasteiger partial charge in [0.25, 0.3) is 0 Å². The van der Waals surface area contributed by atoms with E-state index in [1.54, 1.807) is 0 Å². The number of aryl methyl sites for hydroxylation is 4. The lowest BCUT2D eigenvalue weighted by atomic mass is 10.1. The summed E-state index contributed by atoms with van der Waals surface area (Å²) in [5.74, 6) is 1.02. The molecule has 0 amide bonds. The molecule has 0 heterocycles. The Kier molecular flexibility index (Phi) is 4.67. The number of nitrogens with one attached hydrogen (secondary N) is 1. The first-order chi connectivity index (χ1) is 9.58. The van der Waals surface area contributed by atoms with E-state index in [1.807, 2.05) is 6.07 Å². The van der Waals surface area contributed by atoms with Crippen LogP contribution in [0, 0.1) is 27.7 Å². The van der Waals surface area contributed by atoms with E-state index in [2.05, 4.69) is 63.3 Å². The molecular weight excluding hydrogens is 246 g/mol. The highest BCUT2D eigenvalue weighted by atomic mass is 16.5. The molecular formula is C18H23NO. The van der Waals surface area contributed by atoms with Gasteiger partial charge in [-0.15, -0.1) is 0 Å². The number of ether oxygens (including phenoxy) is 1. The molecule has 2 nitrogen and oxygen atoms in total. The minimum Gasteiger partial charge on any atom is -0.491 e. The van der Waals surface area contributed by atoms with E-state index >= 15 is 0 Å². The third-order valence-electron chi connectivity index (χ3n) is 3.41. The molecule has 0 saturated heterocycles. The van der Waals surface area contributed by atoms with E-state index in [1.165, 1.54) is 27.9 Å². The monoisotopic (exact) mass is 269 g/mol. The molecule has 2 rings (SSSR count). The van der Waals surface area contributed by atoms with E-state index in [9.17, 15) is 0 Å². The maximum Gasteiger partial charge on any atom is 0.125 e. The van der Waals surface area contributed by atoms with Gasteiger partial charge in [0.05, 0.1) is 0 Å². The quantitative estimate of drug-likeness (QED) is 0.812. The number of anilines is 1. The Morgan fingerprint density at radius 3 is 2.20 bits per heavy atom. The molecule has 0 aromatic heterocycles. The first kappa shape index (κ1) is 14.4. The molecule has 0 radical (unpaired) electrons. The van der Waals surface area contributed by atoms with E-state index in [4.69, 9.17) is 4.74 Å². The molecule has 0 aliphatic carbocycles. The van der Waals surface area contributed by atoms with Gasteiger partial charge in [-0.25, -0.2) is 0 Å². The van der Waals surface area contributed by atoms with Gasteiger partial charge in [0, 0.05) is 12.2 Å². The number of para-hydroxylation sites is 1. The van der Waals surface area contributed by atoms with Gasteiger partial charge in [-0.1, -0.05) is 35.9 Å². The standard InChI is InChI=1S/C18H23NO/c1-13-11-15(3)18(16(4)12-13)20-10-9-19-17-8-6-5-7-14(17)2/h5-8,11-12,19H,9-10H2,1-4H3. The smallest absolute Gasteiger partial charge is 0.125 e. The maximum absolute atomic E-state index is 5.92. The van der Waals surface area contributed by atoms with Gasteiger partial charge in [-0.2, -0.15) is 0 Å². The van der Waals surface area contributed by atoms with Crippen molar-refractivity contribution in [3.8, 4) is 5.75 Å². The second kappa shape index (κ2) is 6.47. The second-order valence-electron chi connectivity index (χ2n) is 5.32. The predicted molar refractivity (Wildman–Crippen MR) is 85.8 cm³/mol. The molecule has 20 heavy (non-hydrogen) atoms. The number of hydrogen-bond donors (Lipinski definition) is 1. The normalized spacial score (nSPS) is 10.4. The van der Waals surface area contributed by atoms with E-state index in [-0.39, 0.29) is 0 Å². The first-order valence-corrected chi connectivity index (χ1v) is 7.08. The predicted octanol–water partition coefficient (Wildman–Crippen LogP) is 4.41. The van der Waals surface area contributed by atoms with Crippen molar-refractivity contribution >= 4 is 5.69 Å². The van der Waals surface area contributed by atoms with Gasteiger partial charge in [0.15, 0.2) is 0 Å². The zero-order valence-electron chi connectivity index (χ0n) is 12.8. The highest BCUT2D eigenvalue weighted by Crippen LogP contribution is 2.24. The van der Waals surface area contributed by atoms with E-state index in [0.717, 1.165) is 12.3 Å². The summed E-state index contributed by atoms with van der Waals surface area (Å²) >= 11 is 0. The third-order valence-corrected chi connectivity index (χ3v) is 3.41. The van der Waals surface area contributed by atoms with Crippen LogP contribution in [0.5, 0.6) is 5.75 Å². The molecule has 0 aliphatic heterocycles. The average Bonchev–Trinajstić information content (AvgIpc) is 2.38. The molecule has 0 spiro atoms. The van der Waals surface area contributed by atoms with Crippen molar-refractivity contribution in [1.29, 1.82) is 0 Å². The zero-order valence-corrected chi connectivity index (χ0v) is 12.8. The van der Waals surface area contributed by atoms with Crippen LogP contribution in [-0.4, -0.2) is 13.2 Å². The summed E-state index contributed by atoms with van der Waals surface area (Å²) in [4.78, 5) is 0. The van der Waals surface area contributed by atoms with Crippen LogP contribution in [0.15, 0.2) is 36.4 Å². The average molecular weight is 269 g/mol. The Bertz CT molecular complexity index is 567. The maximum atomic E-state index is 5.92. The van der Waals surface area contributed by atoms with Gasteiger partial charge in [-0.05, 0) is 50.5 Å². The van der Waals surface area contributed by atoms with Crippen LogP contribution in [0.1, 0.15) is 22.3 Å². The van der Waals surface area contributed by atoms with Crippen molar-refractivity contribution in [3.63, 3.8) is 0 Å². The van der Waals surface area contributed by atoms with Gasteiger partial charge in [-0.3, -0.25) is 0 Å². The molecule has 2 heteroatoms. The van der Waals surface area contributed by atoms with E-state index < -0.39 is 0 Å². The van der Waals surface area contributed by atoms with Crippen molar-refractivity contribution in [2.24, 2.45) is 0 Å². The van der Waals surface area contributed by atoms with Crippen LogP contribution in [0.2, 0.25) is 0 Å². The Hall–Kier alpha value is -1.96. The lowest BCUT2D eigenvalue weighted by Gasteiger charge is -2.14. The lowest BCUT2D eigenvalue weighted by molar-refractivity contribution is 0.328. The van der Waals surface area contributed by atoms with Crippen LogP contribution >= 0.6 is 0 Å². The molecule has 0 atom stereocenters. The fraction of sp³-hybridized carbons (Fsp3) is 0.333. The van der Waals surface area contributed by atoms with Crippen molar-refractivity contribution in [2.45, 2.75) is 27.7 Å². The number of benzene rings is 2. The van der Waals surface area contributed by atoms with E-state index in [0.29, 0.717) is 6.61 Å². The van der Waals surface area contributed by atoms with Crippen LogP contribution in [-0.2, 0) is 0 Å². The molecule has 1 N–H and O–H groups in total.